The van der Waals surface area contributed by atoms with Crippen molar-refractivity contribution in [3.63, 3.8) is 0 Å². The van der Waals surface area contributed by atoms with E-state index in [2.05, 4.69) is 20.3 Å². The normalized spacial score (nSPS) is 10.8. The number of hydrogen-bond donors (Lipinski definition) is 3. The van der Waals surface area contributed by atoms with E-state index < -0.39 is 0 Å². The molecule has 0 atom stereocenters. The van der Waals surface area contributed by atoms with E-state index in [1.165, 1.54) is 12.4 Å². The predicted molar refractivity (Wildman–Crippen MR) is 79.4 cm³/mol. The Bertz CT molecular complexity index is 858. The van der Waals surface area contributed by atoms with Crippen LogP contribution in [0.4, 0.5) is 10.1 Å². The van der Waals surface area contributed by atoms with Crippen LogP contribution in [0.2, 0.25) is 0 Å². The van der Waals surface area contributed by atoms with Crippen LogP contribution in [-0.2, 0) is 6.54 Å². The quantitative estimate of drug-likeness (QED) is 0.680. The summed E-state index contributed by atoms with van der Waals surface area (Å²) in [4.78, 5) is 22.1. The summed E-state index contributed by atoms with van der Waals surface area (Å²) in [7, 11) is 0. The van der Waals surface area contributed by atoms with Gasteiger partial charge in [0.15, 0.2) is 5.52 Å². The van der Waals surface area contributed by atoms with Crippen molar-refractivity contribution in [2.24, 2.45) is 0 Å². The summed E-state index contributed by atoms with van der Waals surface area (Å²) in [5.41, 5.74) is 9.09. The number of benzene rings is 1. The van der Waals surface area contributed by atoms with Crippen molar-refractivity contribution in [1.29, 1.82) is 0 Å². The topological polar surface area (TPSA) is 97.9 Å². The molecule has 0 bridgehead atoms. The molecule has 7 heteroatoms. The lowest BCUT2D eigenvalue weighted by atomic mass is 10.1. The van der Waals surface area contributed by atoms with Gasteiger partial charge < -0.3 is 16.0 Å². The molecule has 1 amide bonds. The van der Waals surface area contributed by atoms with E-state index in [0.717, 1.165) is 5.56 Å². The number of nitrogens with two attached hydrogens (primary N) is 1. The van der Waals surface area contributed by atoms with Crippen LogP contribution in [0.1, 0.15) is 21.6 Å². The molecule has 0 fully saturated rings. The van der Waals surface area contributed by atoms with Gasteiger partial charge in [0.05, 0.1) is 5.69 Å². The molecule has 0 radical (unpaired) electrons. The molecule has 2 aromatic heterocycles. The van der Waals surface area contributed by atoms with Crippen LogP contribution >= 0.6 is 0 Å². The highest BCUT2D eigenvalue weighted by atomic mass is 19.1. The third-order valence-electron chi connectivity index (χ3n) is 3.44. The summed E-state index contributed by atoms with van der Waals surface area (Å²) < 4.78 is 13.2. The highest BCUT2D eigenvalue weighted by Gasteiger charge is 2.20. The highest BCUT2D eigenvalue weighted by Crippen LogP contribution is 2.17. The Morgan fingerprint density at radius 2 is 2.32 bits per heavy atom. The lowest BCUT2D eigenvalue weighted by Gasteiger charge is -2.05. The molecule has 0 aliphatic heterocycles. The Hall–Kier alpha value is -2.96. The van der Waals surface area contributed by atoms with Crippen molar-refractivity contribution in [1.82, 2.24) is 15.3 Å². The van der Waals surface area contributed by atoms with Crippen LogP contribution in [0.5, 0.6) is 0 Å². The molecule has 6 nitrogen and oxygen atoms in total. The maximum absolute atomic E-state index is 13.2. The van der Waals surface area contributed by atoms with Gasteiger partial charge in [-0.3, -0.25) is 4.79 Å². The van der Waals surface area contributed by atoms with Gasteiger partial charge in [-0.05, 0) is 29.1 Å². The number of fused-ring (bicyclic) bond motifs is 1. The zero-order chi connectivity index (χ0) is 15.7. The van der Waals surface area contributed by atoms with Gasteiger partial charge in [-0.25, -0.2) is 9.37 Å². The number of rotatable bonds is 3. The summed E-state index contributed by atoms with van der Waals surface area (Å²) in [5.74, 6) is -0.596. The molecule has 2 heterocycles. The van der Waals surface area contributed by atoms with E-state index in [4.69, 9.17) is 5.73 Å². The van der Waals surface area contributed by atoms with Gasteiger partial charge in [0.1, 0.15) is 11.3 Å². The first-order chi connectivity index (χ1) is 10.6. The fraction of sp³-hybridized carbons (Fsp3) is 0.133. The largest absolute Gasteiger partial charge is 0.394 e. The van der Waals surface area contributed by atoms with Crippen molar-refractivity contribution in [2.45, 2.75) is 13.5 Å². The second-order valence-electron chi connectivity index (χ2n) is 5.01. The number of nitrogens with zero attached hydrogens (tertiary/aromatic N) is 1. The smallest absolute Gasteiger partial charge is 0.298 e. The minimum Gasteiger partial charge on any atom is -0.394 e. The lowest BCUT2D eigenvalue weighted by molar-refractivity contribution is -0.349. The summed E-state index contributed by atoms with van der Waals surface area (Å²) in [6.45, 7) is 1.97. The monoisotopic (exact) mass is 300 g/mol. The predicted octanol–water partition coefficient (Wildman–Crippen LogP) is 1.34. The average molecular weight is 300 g/mol. The molecule has 0 saturated heterocycles. The number of halogens is 1. The summed E-state index contributed by atoms with van der Waals surface area (Å²) in [5, 5.41) is 2.76. The average Bonchev–Trinajstić information content (AvgIpc) is 2.90. The van der Waals surface area contributed by atoms with Gasteiger partial charge in [-0.15, -0.1) is 0 Å². The minimum absolute atomic E-state index is 0.254. The van der Waals surface area contributed by atoms with Crippen LogP contribution in [0.3, 0.4) is 0 Å². The zero-order valence-electron chi connectivity index (χ0n) is 11.9. The van der Waals surface area contributed by atoms with E-state index in [0.29, 0.717) is 22.3 Å². The molecule has 22 heavy (non-hydrogen) atoms. The molecule has 0 spiro atoms. The number of aromatic amines is 2. The molecule has 3 rings (SSSR count). The van der Waals surface area contributed by atoms with E-state index in [-0.39, 0.29) is 24.0 Å². The molecule has 0 saturated carbocycles. The number of aromatic nitrogens is 3. The Balaban J connectivity index is 1.80. The van der Waals surface area contributed by atoms with Crippen molar-refractivity contribution < 1.29 is 14.2 Å². The number of nitrogens with one attached hydrogen (secondary N) is 3. The van der Waals surface area contributed by atoms with Gasteiger partial charge >= 0.3 is 0 Å². The van der Waals surface area contributed by atoms with Crippen LogP contribution in [0.15, 0.2) is 30.7 Å². The Labute approximate surface area is 125 Å². The fourth-order valence-electron chi connectivity index (χ4n) is 2.26. The van der Waals surface area contributed by atoms with Gasteiger partial charge in [-0.2, -0.15) is 0 Å². The van der Waals surface area contributed by atoms with Crippen molar-refractivity contribution >= 4 is 22.6 Å². The number of nitrogen functional groups attached to an aromatic ring is 1. The molecule has 0 aliphatic rings. The van der Waals surface area contributed by atoms with Gasteiger partial charge in [0, 0.05) is 12.7 Å². The molecule has 112 valence electrons. The zero-order valence-corrected chi connectivity index (χ0v) is 11.9. The molecular formula is C15H15FN5O+. The first-order valence-corrected chi connectivity index (χ1v) is 6.72. The molecule has 0 aliphatic carbocycles. The van der Waals surface area contributed by atoms with E-state index in [9.17, 15) is 9.18 Å². The standard InChI is InChI=1S/C15H14FN5O/c1-8-4-9(2-3-10(8)16)5-19-15(22)14-13-12(20-7-21-14)11(17)6-18-13/h2-4,6-7,18H,5,17H2,1H3,(H,19,22)/p+1. The Kier molecular flexibility index (Phi) is 3.46. The Morgan fingerprint density at radius 3 is 3.09 bits per heavy atom. The third-order valence-corrected chi connectivity index (χ3v) is 3.44. The van der Waals surface area contributed by atoms with Crippen molar-refractivity contribution in [3.8, 4) is 0 Å². The fourth-order valence-corrected chi connectivity index (χ4v) is 2.26. The second-order valence-corrected chi connectivity index (χ2v) is 5.01. The molecule has 5 N–H and O–H groups in total. The van der Waals surface area contributed by atoms with Gasteiger partial charge in [0.25, 0.3) is 17.9 Å². The summed E-state index contributed by atoms with van der Waals surface area (Å²) in [6, 6.07) is 4.72. The van der Waals surface area contributed by atoms with Gasteiger partial charge in [-0.1, -0.05) is 12.1 Å². The summed E-state index contributed by atoms with van der Waals surface area (Å²) >= 11 is 0. The van der Waals surface area contributed by atoms with Crippen LogP contribution in [0.25, 0.3) is 11.0 Å². The van der Waals surface area contributed by atoms with Crippen molar-refractivity contribution in [2.75, 3.05) is 5.73 Å². The second kappa shape index (κ2) is 5.44. The SMILES string of the molecule is Cc1cc(CNC(=O)c2nc[nH+]c3c(N)c[nH]c23)ccc1F. The third kappa shape index (κ3) is 2.48. The first kappa shape index (κ1) is 14.0. The molecule has 1 aromatic carbocycles. The number of carbonyl (C=O) groups is 1. The van der Waals surface area contributed by atoms with Crippen LogP contribution in [0, 0.1) is 12.7 Å². The van der Waals surface area contributed by atoms with Crippen LogP contribution < -0.4 is 16.0 Å². The molecule has 0 unspecified atom stereocenters. The summed E-state index contributed by atoms with van der Waals surface area (Å²) in [6.07, 6.45) is 3.02. The van der Waals surface area contributed by atoms with E-state index >= 15 is 0 Å². The maximum atomic E-state index is 13.2. The van der Waals surface area contributed by atoms with Crippen molar-refractivity contribution in [3.05, 3.63) is 53.4 Å². The van der Waals surface area contributed by atoms with E-state index in [1.54, 1.807) is 25.3 Å². The maximum Gasteiger partial charge on any atom is 0.298 e. The molecule has 3 aromatic rings. The number of H-pyrrole nitrogens is 2. The minimum atomic E-state index is -0.331. The number of carbonyl (C=O) groups excluding carboxylic acids is 1. The van der Waals surface area contributed by atoms with E-state index in [1.807, 2.05) is 0 Å². The Morgan fingerprint density at radius 1 is 1.50 bits per heavy atom. The molecular weight excluding hydrogens is 285 g/mol. The lowest BCUT2D eigenvalue weighted by Crippen LogP contribution is -2.25. The number of amides is 1. The first-order valence-electron chi connectivity index (χ1n) is 6.72. The number of aryl methyl sites for hydroxylation is 1. The van der Waals surface area contributed by atoms with Gasteiger partial charge in [0.2, 0.25) is 0 Å². The number of hydrogen-bond acceptors (Lipinski definition) is 3. The number of anilines is 1. The van der Waals surface area contributed by atoms with Crippen LogP contribution in [-0.4, -0.2) is 15.9 Å². The highest BCUT2D eigenvalue weighted by molar-refractivity contribution is 6.04.